The summed E-state index contributed by atoms with van der Waals surface area (Å²) in [4.78, 5) is 21.6. The van der Waals surface area contributed by atoms with E-state index in [-0.39, 0.29) is 23.9 Å². The molecular weight excluding hydrogens is 154 g/mol. The minimum Gasteiger partial charge on any atom is -0.321 e. The third-order valence-electron chi connectivity index (χ3n) is 1.91. The van der Waals surface area contributed by atoms with E-state index in [1.165, 1.54) is 0 Å². The van der Waals surface area contributed by atoms with Crippen molar-refractivity contribution in [3.8, 4) is 0 Å². The van der Waals surface area contributed by atoms with Crippen molar-refractivity contribution >= 4 is 11.6 Å². The zero-order chi connectivity index (χ0) is 9.72. The van der Waals surface area contributed by atoms with E-state index >= 15 is 0 Å². The van der Waals surface area contributed by atoms with E-state index < -0.39 is 6.04 Å². The highest BCUT2D eigenvalue weighted by Crippen LogP contribution is 2.16. The molecule has 0 aliphatic heterocycles. The van der Waals surface area contributed by atoms with Crippen LogP contribution in [-0.4, -0.2) is 17.6 Å². The van der Waals surface area contributed by atoms with Crippen molar-refractivity contribution in [3.05, 3.63) is 0 Å². The van der Waals surface area contributed by atoms with Gasteiger partial charge in [-0.05, 0) is 5.92 Å². The molecule has 0 amide bonds. The Bertz CT molecular complexity index is 177. The maximum absolute atomic E-state index is 10.9. The van der Waals surface area contributed by atoms with Gasteiger partial charge >= 0.3 is 0 Å². The fraction of sp³-hybridized carbons (Fsp3) is 0.778. The van der Waals surface area contributed by atoms with E-state index in [4.69, 9.17) is 5.73 Å². The zero-order valence-electron chi connectivity index (χ0n) is 7.96. The highest BCUT2D eigenvalue weighted by molar-refractivity contribution is 6.04. The van der Waals surface area contributed by atoms with Crippen LogP contribution in [0.2, 0.25) is 0 Å². The van der Waals surface area contributed by atoms with Crippen molar-refractivity contribution in [3.63, 3.8) is 0 Å². The monoisotopic (exact) mass is 171 g/mol. The van der Waals surface area contributed by atoms with Gasteiger partial charge in [-0.15, -0.1) is 0 Å². The van der Waals surface area contributed by atoms with Crippen LogP contribution in [0.1, 0.15) is 33.6 Å². The van der Waals surface area contributed by atoms with Crippen LogP contribution in [0, 0.1) is 5.92 Å². The smallest absolute Gasteiger partial charge is 0.157 e. The van der Waals surface area contributed by atoms with Crippen LogP contribution < -0.4 is 5.73 Å². The molecule has 3 heteroatoms. The molecule has 70 valence electrons. The van der Waals surface area contributed by atoms with Crippen molar-refractivity contribution in [2.24, 2.45) is 11.7 Å². The first-order valence-corrected chi connectivity index (χ1v) is 4.41. The summed E-state index contributed by atoms with van der Waals surface area (Å²) in [7, 11) is 0. The first-order valence-electron chi connectivity index (χ1n) is 4.41. The molecule has 3 nitrogen and oxygen atoms in total. The van der Waals surface area contributed by atoms with Crippen LogP contribution in [-0.2, 0) is 9.59 Å². The largest absolute Gasteiger partial charge is 0.321 e. The number of carbonyl (C=O) groups is 2. The molecule has 0 aromatic carbocycles. The van der Waals surface area contributed by atoms with Crippen LogP contribution in [0.25, 0.3) is 0 Å². The number of rotatable bonds is 0. The fourth-order valence-electron chi connectivity index (χ4n) is 1.19. The van der Waals surface area contributed by atoms with Crippen molar-refractivity contribution in [1.82, 2.24) is 0 Å². The Morgan fingerprint density at radius 2 is 1.83 bits per heavy atom. The predicted molar refractivity (Wildman–Crippen MR) is 47.7 cm³/mol. The van der Waals surface area contributed by atoms with Gasteiger partial charge in [0.25, 0.3) is 0 Å². The van der Waals surface area contributed by atoms with Crippen LogP contribution in [0.3, 0.4) is 0 Å². The van der Waals surface area contributed by atoms with E-state index in [1.54, 1.807) is 0 Å². The summed E-state index contributed by atoms with van der Waals surface area (Å²) in [6.07, 6.45) is 0.512. The lowest BCUT2D eigenvalue weighted by molar-refractivity contribution is -0.132. The Balaban J connectivity index is 0.000000561. The van der Waals surface area contributed by atoms with E-state index in [9.17, 15) is 9.59 Å². The lowest BCUT2D eigenvalue weighted by atomic mass is 9.85. The summed E-state index contributed by atoms with van der Waals surface area (Å²) in [5.41, 5.74) is 5.48. The molecule has 1 saturated carbocycles. The normalized spacial score (nSPS) is 29.3. The molecule has 0 saturated heterocycles. The molecule has 2 atom stereocenters. The van der Waals surface area contributed by atoms with Crippen molar-refractivity contribution in [1.29, 1.82) is 0 Å². The quantitative estimate of drug-likeness (QED) is 0.551. The minimum absolute atomic E-state index is 0.0270. The molecule has 0 bridgehead atoms. The molecule has 1 fully saturated rings. The average molecular weight is 171 g/mol. The Hall–Kier alpha value is -0.700. The summed E-state index contributed by atoms with van der Waals surface area (Å²) in [6.45, 7) is 5.83. The summed E-state index contributed by atoms with van der Waals surface area (Å²) in [6, 6.07) is -0.405. The Morgan fingerprint density at radius 1 is 1.33 bits per heavy atom. The molecule has 12 heavy (non-hydrogen) atoms. The standard InChI is InChI=1S/C7H11NO2.C2H6/c1-4-2-5(9)3-6(10)7(4)8;1-2/h4,7H,2-3,8H2,1H3;1-2H3. The molecule has 0 aromatic heterocycles. The second kappa shape index (κ2) is 5.04. The van der Waals surface area contributed by atoms with Crippen LogP contribution in [0.15, 0.2) is 0 Å². The molecule has 1 rings (SSSR count). The highest BCUT2D eigenvalue weighted by atomic mass is 16.2. The van der Waals surface area contributed by atoms with Gasteiger partial charge in [-0.3, -0.25) is 9.59 Å². The average Bonchev–Trinajstić information content (AvgIpc) is 2.04. The van der Waals surface area contributed by atoms with E-state index in [1.807, 2.05) is 20.8 Å². The first-order chi connectivity index (χ1) is 5.61. The van der Waals surface area contributed by atoms with E-state index in [0.29, 0.717) is 6.42 Å². The van der Waals surface area contributed by atoms with E-state index in [0.717, 1.165) is 0 Å². The van der Waals surface area contributed by atoms with Crippen molar-refractivity contribution in [2.45, 2.75) is 39.7 Å². The third kappa shape index (κ3) is 2.74. The lowest BCUT2D eigenvalue weighted by Gasteiger charge is -2.22. The first kappa shape index (κ1) is 11.3. The second-order valence-corrected chi connectivity index (χ2v) is 2.89. The topological polar surface area (TPSA) is 60.2 Å². The Kier molecular flexibility index (Phi) is 4.74. The SMILES string of the molecule is CC.CC1CC(=O)CC(=O)C1N. The molecule has 1 aliphatic rings. The Labute approximate surface area is 73.3 Å². The third-order valence-corrected chi connectivity index (χ3v) is 1.91. The minimum atomic E-state index is -0.405. The maximum atomic E-state index is 10.9. The fourth-order valence-corrected chi connectivity index (χ4v) is 1.19. The molecule has 0 spiro atoms. The van der Waals surface area contributed by atoms with Gasteiger partial charge in [-0.2, -0.15) is 0 Å². The summed E-state index contributed by atoms with van der Waals surface area (Å²) >= 11 is 0. The van der Waals surface area contributed by atoms with E-state index in [2.05, 4.69) is 0 Å². The number of ketones is 2. The zero-order valence-corrected chi connectivity index (χ0v) is 7.96. The lowest BCUT2D eigenvalue weighted by Crippen LogP contribution is -2.42. The predicted octanol–water partition coefficient (Wildman–Crippen LogP) is 0.908. The van der Waals surface area contributed by atoms with Gasteiger partial charge in [0, 0.05) is 6.42 Å². The summed E-state index contributed by atoms with van der Waals surface area (Å²) in [5, 5.41) is 0. The second-order valence-electron chi connectivity index (χ2n) is 2.89. The van der Waals surface area contributed by atoms with Gasteiger partial charge in [-0.25, -0.2) is 0 Å². The molecule has 1 aliphatic carbocycles. The molecule has 2 N–H and O–H groups in total. The van der Waals surface area contributed by atoms with Gasteiger partial charge in [0.2, 0.25) is 0 Å². The molecule has 2 unspecified atom stereocenters. The maximum Gasteiger partial charge on any atom is 0.157 e. The van der Waals surface area contributed by atoms with Crippen LogP contribution in [0.4, 0.5) is 0 Å². The van der Waals surface area contributed by atoms with Gasteiger partial charge in [-0.1, -0.05) is 20.8 Å². The number of hydrogen-bond donors (Lipinski definition) is 1. The van der Waals surface area contributed by atoms with Crippen LogP contribution in [0.5, 0.6) is 0 Å². The molecule has 0 aromatic rings. The van der Waals surface area contributed by atoms with Crippen LogP contribution >= 0.6 is 0 Å². The molecule has 0 heterocycles. The summed E-state index contributed by atoms with van der Waals surface area (Å²) < 4.78 is 0. The van der Waals surface area contributed by atoms with Gasteiger partial charge in [0.15, 0.2) is 5.78 Å². The van der Waals surface area contributed by atoms with Crippen molar-refractivity contribution in [2.75, 3.05) is 0 Å². The molecule has 0 radical (unpaired) electrons. The van der Waals surface area contributed by atoms with Crippen molar-refractivity contribution < 1.29 is 9.59 Å². The Morgan fingerprint density at radius 3 is 2.25 bits per heavy atom. The van der Waals surface area contributed by atoms with Gasteiger partial charge in [0.1, 0.15) is 5.78 Å². The summed E-state index contributed by atoms with van der Waals surface area (Å²) in [5.74, 6) is -0.0447. The highest BCUT2D eigenvalue weighted by Gasteiger charge is 2.29. The number of carbonyl (C=O) groups excluding carboxylic acids is 2. The number of hydrogen-bond acceptors (Lipinski definition) is 3. The van der Waals surface area contributed by atoms with Gasteiger partial charge in [0.05, 0.1) is 12.5 Å². The molecular formula is C9H17NO2. The number of Topliss-reactive ketones (excluding diaryl/α,β-unsaturated/α-hetero) is 2. The van der Waals surface area contributed by atoms with Gasteiger partial charge < -0.3 is 5.73 Å². The number of nitrogens with two attached hydrogens (primary N) is 1.